The number of cyclic esters (lactones) is 1. The number of benzene rings is 2. The summed E-state index contributed by atoms with van der Waals surface area (Å²) in [6.45, 7) is 5.08. The second-order valence-corrected chi connectivity index (χ2v) is 6.49. The van der Waals surface area contributed by atoms with Crippen molar-refractivity contribution < 1.29 is 14.3 Å². The Morgan fingerprint density at radius 1 is 1.17 bits per heavy atom. The van der Waals surface area contributed by atoms with Crippen LogP contribution >= 0.6 is 12.4 Å². The molecule has 2 aromatic rings. The molecule has 3 rings (SSSR count). The summed E-state index contributed by atoms with van der Waals surface area (Å²) in [7, 11) is 0. The lowest BCUT2D eigenvalue weighted by Crippen LogP contribution is -2.46. The molecule has 1 N–H and O–H groups in total. The lowest BCUT2D eigenvalue weighted by molar-refractivity contribution is 0.0386. The largest absolute Gasteiger partial charge is 0.489 e. The van der Waals surface area contributed by atoms with Crippen molar-refractivity contribution in [3.63, 3.8) is 0 Å². The van der Waals surface area contributed by atoms with Gasteiger partial charge in [-0.2, -0.15) is 0 Å². The van der Waals surface area contributed by atoms with E-state index >= 15 is 0 Å². The number of amides is 1. The van der Waals surface area contributed by atoms with Gasteiger partial charge < -0.3 is 14.8 Å². The maximum Gasteiger partial charge on any atom is 0.407 e. The van der Waals surface area contributed by atoms with E-state index in [0.717, 1.165) is 16.9 Å². The summed E-state index contributed by atoms with van der Waals surface area (Å²) >= 11 is 0. The quantitative estimate of drug-likeness (QED) is 0.886. The molecular weight excluding hydrogens is 326 g/mol. The molecule has 0 radical (unpaired) electrons. The summed E-state index contributed by atoms with van der Waals surface area (Å²) in [5, 5.41) is 2.91. The topological polar surface area (TPSA) is 47.6 Å². The minimum atomic E-state index is -0.370. The molecule has 2 aromatic carbocycles. The summed E-state index contributed by atoms with van der Waals surface area (Å²) in [6, 6.07) is 17.8. The van der Waals surface area contributed by atoms with Crippen LogP contribution in [0.3, 0.4) is 0 Å². The van der Waals surface area contributed by atoms with Crippen molar-refractivity contribution in [1.82, 2.24) is 5.32 Å². The van der Waals surface area contributed by atoms with Crippen molar-refractivity contribution in [2.24, 2.45) is 5.41 Å². The fraction of sp³-hybridized carbons (Fsp3) is 0.316. The Morgan fingerprint density at radius 2 is 1.92 bits per heavy atom. The highest BCUT2D eigenvalue weighted by Gasteiger charge is 2.37. The van der Waals surface area contributed by atoms with Gasteiger partial charge >= 0.3 is 6.09 Å². The summed E-state index contributed by atoms with van der Waals surface area (Å²) < 4.78 is 11.0. The summed E-state index contributed by atoms with van der Waals surface area (Å²) in [6.07, 6.45) is -0.370. The molecule has 1 aliphatic heterocycles. The van der Waals surface area contributed by atoms with E-state index in [1.165, 1.54) is 0 Å². The molecule has 5 heteroatoms. The number of carbonyl (C=O) groups excluding carboxylic acids is 1. The van der Waals surface area contributed by atoms with Crippen LogP contribution in [0.1, 0.15) is 31.0 Å². The Balaban J connectivity index is 0.00000208. The van der Waals surface area contributed by atoms with Crippen LogP contribution in [0, 0.1) is 5.41 Å². The Morgan fingerprint density at radius 3 is 2.67 bits per heavy atom. The Hall–Kier alpha value is -2.20. The molecule has 0 saturated carbocycles. The lowest BCUT2D eigenvalue weighted by Gasteiger charge is -2.38. The van der Waals surface area contributed by atoms with Crippen LogP contribution in [0.15, 0.2) is 54.6 Å². The number of ether oxygens (including phenoxy) is 2. The molecule has 1 aliphatic rings. The minimum Gasteiger partial charge on any atom is -0.489 e. The van der Waals surface area contributed by atoms with E-state index in [1.807, 2.05) is 54.6 Å². The van der Waals surface area contributed by atoms with Gasteiger partial charge in [-0.15, -0.1) is 12.4 Å². The fourth-order valence-corrected chi connectivity index (χ4v) is 2.75. The van der Waals surface area contributed by atoms with Crippen LogP contribution < -0.4 is 10.1 Å². The number of rotatable bonds is 4. The highest BCUT2D eigenvalue weighted by molar-refractivity contribution is 5.85. The molecule has 0 unspecified atom stereocenters. The van der Waals surface area contributed by atoms with Gasteiger partial charge in [-0.25, -0.2) is 4.79 Å². The number of alkyl carbamates (subject to hydrolysis) is 1. The smallest absolute Gasteiger partial charge is 0.407 e. The standard InChI is InChI=1S/C19H21NO3.ClH/c1-19(2)13-23-18(21)20-17(19)15-9-6-10-16(11-15)22-12-14-7-4-3-5-8-14;/h3-11,17H,12-13H2,1-2H3,(H,20,21);1H/t17-;/m1./s1. The number of hydrogen-bond acceptors (Lipinski definition) is 3. The molecule has 1 saturated heterocycles. The highest BCUT2D eigenvalue weighted by atomic mass is 35.5. The van der Waals surface area contributed by atoms with Gasteiger partial charge in [0.05, 0.1) is 6.04 Å². The molecule has 0 aromatic heterocycles. The maximum absolute atomic E-state index is 11.6. The van der Waals surface area contributed by atoms with Gasteiger partial charge in [0.2, 0.25) is 0 Å². The highest BCUT2D eigenvalue weighted by Crippen LogP contribution is 2.37. The van der Waals surface area contributed by atoms with Gasteiger partial charge in [-0.05, 0) is 23.3 Å². The van der Waals surface area contributed by atoms with Crippen molar-refractivity contribution in [1.29, 1.82) is 0 Å². The van der Waals surface area contributed by atoms with Crippen molar-refractivity contribution in [3.8, 4) is 5.75 Å². The van der Waals surface area contributed by atoms with Crippen molar-refractivity contribution in [2.45, 2.75) is 26.5 Å². The van der Waals surface area contributed by atoms with Gasteiger partial charge in [-0.3, -0.25) is 0 Å². The minimum absolute atomic E-state index is 0. The second kappa shape index (κ2) is 7.58. The zero-order valence-electron chi connectivity index (χ0n) is 13.8. The predicted octanol–water partition coefficient (Wildman–Crippen LogP) is 4.49. The molecular formula is C19H22ClNO3. The van der Waals surface area contributed by atoms with E-state index in [0.29, 0.717) is 13.2 Å². The van der Waals surface area contributed by atoms with Crippen LogP contribution in [-0.2, 0) is 11.3 Å². The van der Waals surface area contributed by atoms with Gasteiger partial charge in [0, 0.05) is 5.41 Å². The van der Waals surface area contributed by atoms with Crippen LogP contribution in [0.2, 0.25) is 0 Å². The van der Waals surface area contributed by atoms with E-state index in [1.54, 1.807) is 0 Å². The molecule has 1 heterocycles. The van der Waals surface area contributed by atoms with E-state index < -0.39 is 0 Å². The SMILES string of the molecule is CC1(C)COC(=O)N[C@@H]1c1cccc(OCc2ccccc2)c1.Cl. The van der Waals surface area contributed by atoms with Gasteiger partial charge in [0.25, 0.3) is 0 Å². The molecule has 0 aliphatic carbocycles. The molecule has 0 spiro atoms. The maximum atomic E-state index is 11.6. The predicted molar refractivity (Wildman–Crippen MR) is 95.5 cm³/mol. The first-order valence-electron chi connectivity index (χ1n) is 7.74. The zero-order valence-corrected chi connectivity index (χ0v) is 14.6. The molecule has 0 bridgehead atoms. The van der Waals surface area contributed by atoms with Gasteiger partial charge in [-0.1, -0.05) is 56.3 Å². The van der Waals surface area contributed by atoms with E-state index in [9.17, 15) is 4.79 Å². The number of hydrogen-bond donors (Lipinski definition) is 1. The Labute approximate surface area is 148 Å². The normalized spacial score (nSPS) is 18.8. The lowest BCUT2D eigenvalue weighted by atomic mass is 9.80. The van der Waals surface area contributed by atoms with Crippen molar-refractivity contribution in [3.05, 3.63) is 65.7 Å². The third-order valence-corrected chi connectivity index (χ3v) is 4.06. The van der Waals surface area contributed by atoms with E-state index in [4.69, 9.17) is 9.47 Å². The van der Waals surface area contributed by atoms with Crippen LogP contribution in [0.5, 0.6) is 5.75 Å². The van der Waals surface area contributed by atoms with Crippen LogP contribution in [-0.4, -0.2) is 12.7 Å². The first kappa shape index (κ1) is 18.1. The first-order chi connectivity index (χ1) is 11.0. The Kier molecular flexibility index (Phi) is 5.73. The Bertz CT molecular complexity index is 688. The average molecular weight is 348 g/mol. The zero-order chi connectivity index (χ0) is 16.3. The third-order valence-electron chi connectivity index (χ3n) is 4.06. The molecule has 4 nitrogen and oxygen atoms in total. The van der Waals surface area contributed by atoms with Gasteiger partial charge in [0.1, 0.15) is 19.0 Å². The van der Waals surface area contributed by atoms with Crippen LogP contribution in [0.25, 0.3) is 0 Å². The number of nitrogens with one attached hydrogen (secondary N) is 1. The molecule has 1 atom stereocenters. The summed E-state index contributed by atoms with van der Waals surface area (Å²) in [5.41, 5.74) is 1.97. The summed E-state index contributed by atoms with van der Waals surface area (Å²) in [4.78, 5) is 11.6. The molecule has 24 heavy (non-hydrogen) atoms. The summed E-state index contributed by atoms with van der Waals surface area (Å²) in [5.74, 6) is 0.794. The first-order valence-corrected chi connectivity index (χ1v) is 7.74. The van der Waals surface area contributed by atoms with Crippen molar-refractivity contribution in [2.75, 3.05) is 6.61 Å². The average Bonchev–Trinajstić information content (AvgIpc) is 2.56. The van der Waals surface area contributed by atoms with Crippen LogP contribution in [0.4, 0.5) is 4.79 Å². The molecule has 1 fully saturated rings. The van der Waals surface area contributed by atoms with Gasteiger partial charge in [0.15, 0.2) is 0 Å². The van der Waals surface area contributed by atoms with Crippen molar-refractivity contribution >= 4 is 18.5 Å². The van der Waals surface area contributed by atoms with E-state index in [-0.39, 0.29) is 30.0 Å². The molecule has 1 amide bonds. The second-order valence-electron chi connectivity index (χ2n) is 6.49. The fourth-order valence-electron chi connectivity index (χ4n) is 2.75. The monoisotopic (exact) mass is 347 g/mol. The van der Waals surface area contributed by atoms with E-state index in [2.05, 4.69) is 19.2 Å². The number of carbonyl (C=O) groups is 1. The third kappa shape index (κ3) is 4.20. The molecule has 128 valence electrons. The number of halogens is 1.